The van der Waals surface area contributed by atoms with Crippen LogP contribution in [-0.2, 0) is 21.2 Å². The third-order valence-corrected chi connectivity index (χ3v) is 5.09. The van der Waals surface area contributed by atoms with Crippen LogP contribution in [-0.4, -0.2) is 43.8 Å². The number of aryl methyl sites for hydroxylation is 1. The Labute approximate surface area is 145 Å². The smallest absolute Gasteiger partial charge is 0.307 e. The van der Waals surface area contributed by atoms with Crippen LogP contribution in [0, 0.1) is 6.92 Å². The number of carboxylic acid groups (broad SMARTS) is 1. The molecule has 1 aromatic carbocycles. The zero-order valence-electron chi connectivity index (χ0n) is 13.9. The number of nitrogens with zero attached hydrogens (tertiary/aromatic N) is 1. The van der Waals surface area contributed by atoms with Crippen LogP contribution in [0.5, 0.6) is 0 Å². The molecule has 2 N–H and O–H groups in total. The van der Waals surface area contributed by atoms with Crippen LogP contribution in [0.25, 0.3) is 0 Å². The average Bonchev–Trinajstić information content (AvgIpc) is 2.89. The first-order valence-electron chi connectivity index (χ1n) is 7.26. The summed E-state index contributed by atoms with van der Waals surface area (Å²) >= 11 is 0. The minimum absolute atomic E-state index is 0.0871. The molecule has 2 aromatic rings. The third kappa shape index (κ3) is 4.25. The molecule has 1 amide bonds. The number of rotatable bonds is 6. The van der Waals surface area contributed by atoms with Crippen molar-refractivity contribution in [3.63, 3.8) is 0 Å². The minimum Gasteiger partial charge on any atom is -0.481 e. The molecule has 0 radical (unpaired) electrons. The monoisotopic (exact) mass is 366 g/mol. The lowest BCUT2D eigenvalue weighted by molar-refractivity contribution is -0.136. The molecule has 0 aliphatic carbocycles. The summed E-state index contributed by atoms with van der Waals surface area (Å²) in [4.78, 5) is 23.1. The maximum Gasteiger partial charge on any atom is 0.307 e. The molecule has 0 fully saturated rings. The number of hydrogen-bond donors (Lipinski definition) is 2. The summed E-state index contributed by atoms with van der Waals surface area (Å²) in [5.41, 5.74) is 1.02. The van der Waals surface area contributed by atoms with Crippen molar-refractivity contribution >= 4 is 27.6 Å². The number of nitrogens with one attached hydrogen (secondary N) is 1. The van der Waals surface area contributed by atoms with E-state index >= 15 is 0 Å². The highest BCUT2D eigenvalue weighted by molar-refractivity contribution is 7.88. The lowest BCUT2D eigenvalue weighted by Gasteiger charge is -2.07. The summed E-state index contributed by atoms with van der Waals surface area (Å²) in [6.45, 7) is 1.49. The predicted molar refractivity (Wildman–Crippen MR) is 90.1 cm³/mol. The van der Waals surface area contributed by atoms with Crippen molar-refractivity contribution in [1.82, 2.24) is 4.31 Å². The highest BCUT2D eigenvalue weighted by Crippen LogP contribution is 2.22. The van der Waals surface area contributed by atoms with Gasteiger partial charge in [0.2, 0.25) is 5.09 Å². The number of furan rings is 1. The molecule has 0 spiro atoms. The van der Waals surface area contributed by atoms with Crippen LogP contribution in [0.4, 0.5) is 5.69 Å². The van der Waals surface area contributed by atoms with E-state index in [0.29, 0.717) is 11.3 Å². The zero-order chi connectivity index (χ0) is 18.8. The Hall–Kier alpha value is -2.65. The molecule has 2 rings (SSSR count). The zero-order valence-corrected chi connectivity index (χ0v) is 14.8. The van der Waals surface area contributed by atoms with Gasteiger partial charge in [-0.05, 0) is 24.6 Å². The van der Waals surface area contributed by atoms with Gasteiger partial charge in [0, 0.05) is 25.8 Å². The summed E-state index contributed by atoms with van der Waals surface area (Å²) in [7, 11) is -1.06. The summed E-state index contributed by atoms with van der Waals surface area (Å²) in [6.07, 6.45) is -0.167. The first-order valence-corrected chi connectivity index (χ1v) is 8.70. The molecule has 25 heavy (non-hydrogen) atoms. The molecular formula is C16H18N2O6S. The second-order valence-corrected chi connectivity index (χ2v) is 7.63. The molecule has 0 aliphatic rings. The molecule has 8 nitrogen and oxygen atoms in total. The van der Waals surface area contributed by atoms with Crippen molar-refractivity contribution in [2.45, 2.75) is 18.4 Å². The number of anilines is 1. The SMILES string of the molecule is Cc1oc(S(=O)(=O)N(C)C)cc1C(=O)Nc1cccc(CC(=O)O)c1. The van der Waals surface area contributed by atoms with Gasteiger partial charge in [0.15, 0.2) is 0 Å². The number of benzene rings is 1. The van der Waals surface area contributed by atoms with Crippen molar-refractivity contribution in [2.75, 3.05) is 19.4 Å². The van der Waals surface area contributed by atoms with E-state index in [2.05, 4.69) is 5.32 Å². The lowest BCUT2D eigenvalue weighted by Crippen LogP contribution is -2.21. The molecule has 0 atom stereocenters. The fourth-order valence-corrected chi connectivity index (χ4v) is 2.98. The van der Waals surface area contributed by atoms with Gasteiger partial charge in [-0.3, -0.25) is 9.59 Å². The summed E-state index contributed by atoms with van der Waals surface area (Å²) in [6, 6.07) is 7.57. The molecule has 0 saturated carbocycles. The van der Waals surface area contributed by atoms with Crippen LogP contribution < -0.4 is 5.32 Å². The number of carbonyl (C=O) groups is 2. The molecule has 1 heterocycles. The summed E-state index contributed by atoms with van der Waals surface area (Å²) < 4.78 is 30.3. The van der Waals surface area contributed by atoms with E-state index in [1.54, 1.807) is 24.3 Å². The van der Waals surface area contributed by atoms with Crippen LogP contribution >= 0.6 is 0 Å². The van der Waals surface area contributed by atoms with Gasteiger partial charge in [0.05, 0.1) is 12.0 Å². The molecule has 134 valence electrons. The number of carbonyl (C=O) groups excluding carboxylic acids is 1. The normalized spacial score (nSPS) is 11.5. The van der Waals surface area contributed by atoms with Crippen molar-refractivity contribution in [3.05, 3.63) is 47.2 Å². The topological polar surface area (TPSA) is 117 Å². The van der Waals surface area contributed by atoms with Gasteiger partial charge in [-0.25, -0.2) is 12.7 Å². The number of sulfonamides is 1. The average molecular weight is 366 g/mol. The van der Waals surface area contributed by atoms with Crippen LogP contribution in [0.3, 0.4) is 0 Å². The van der Waals surface area contributed by atoms with E-state index in [9.17, 15) is 18.0 Å². The second kappa shape index (κ2) is 7.08. The quantitative estimate of drug-likeness (QED) is 0.804. The number of aliphatic carboxylic acids is 1. The maximum atomic E-state index is 12.4. The molecule has 0 saturated heterocycles. The van der Waals surface area contributed by atoms with Gasteiger partial charge in [-0.2, -0.15) is 0 Å². The Morgan fingerprint density at radius 3 is 2.52 bits per heavy atom. The van der Waals surface area contributed by atoms with Gasteiger partial charge in [0.1, 0.15) is 5.76 Å². The molecule has 1 aromatic heterocycles. The van der Waals surface area contributed by atoms with Gasteiger partial charge >= 0.3 is 5.97 Å². The van der Waals surface area contributed by atoms with Gasteiger partial charge < -0.3 is 14.8 Å². The van der Waals surface area contributed by atoms with Gasteiger partial charge in [0.25, 0.3) is 15.9 Å². The van der Waals surface area contributed by atoms with Crippen molar-refractivity contribution in [1.29, 1.82) is 0 Å². The molecule has 9 heteroatoms. The Morgan fingerprint density at radius 2 is 1.92 bits per heavy atom. The van der Waals surface area contributed by atoms with Crippen LogP contribution in [0.1, 0.15) is 21.7 Å². The van der Waals surface area contributed by atoms with Gasteiger partial charge in [-0.15, -0.1) is 0 Å². The fourth-order valence-electron chi connectivity index (χ4n) is 2.12. The molecule has 0 unspecified atom stereocenters. The Bertz CT molecular complexity index is 914. The number of amides is 1. The molecular weight excluding hydrogens is 348 g/mol. The Kier molecular flexibility index (Phi) is 5.29. The highest BCUT2D eigenvalue weighted by Gasteiger charge is 2.25. The second-order valence-electron chi connectivity index (χ2n) is 5.55. The molecule has 0 aliphatic heterocycles. The number of carboxylic acids is 1. The van der Waals surface area contributed by atoms with Crippen LogP contribution in [0.2, 0.25) is 0 Å². The Morgan fingerprint density at radius 1 is 1.24 bits per heavy atom. The summed E-state index contributed by atoms with van der Waals surface area (Å²) in [5, 5.41) is 11.1. The largest absolute Gasteiger partial charge is 0.481 e. The predicted octanol–water partition coefficient (Wildman–Crippen LogP) is 1.72. The fraction of sp³-hybridized carbons (Fsp3) is 0.250. The summed E-state index contributed by atoms with van der Waals surface area (Å²) in [5.74, 6) is -1.36. The Balaban J connectivity index is 2.25. The van der Waals surface area contributed by atoms with E-state index in [0.717, 1.165) is 4.31 Å². The van der Waals surface area contributed by atoms with E-state index in [1.807, 2.05) is 0 Å². The number of hydrogen-bond acceptors (Lipinski definition) is 5. The highest BCUT2D eigenvalue weighted by atomic mass is 32.2. The van der Waals surface area contributed by atoms with Crippen LogP contribution in [0.15, 0.2) is 39.8 Å². The van der Waals surface area contributed by atoms with Crippen molar-refractivity contribution < 1.29 is 27.5 Å². The minimum atomic E-state index is -3.78. The van der Waals surface area contributed by atoms with E-state index < -0.39 is 21.9 Å². The first kappa shape index (κ1) is 18.7. The van der Waals surface area contributed by atoms with Crippen molar-refractivity contribution in [2.24, 2.45) is 0 Å². The van der Waals surface area contributed by atoms with E-state index in [4.69, 9.17) is 9.52 Å². The van der Waals surface area contributed by atoms with E-state index in [-0.39, 0.29) is 22.8 Å². The van der Waals surface area contributed by atoms with Gasteiger partial charge in [-0.1, -0.05) is 12.1 Å². The third-order valence-electron chi connectivity index (χ3n) is 3.41. The van der Waals surface area contributed by atoms with Crippen molar-refractivity contribution in [3.8, 4) is 0 Å². The lowest BCUT2D eigenvalue weighted by atomic mass is 10.1. The first-order chi connectivity index (χ1) is 11.6. The standard InChI is InChI=1S/C16H18N2O6S/c1-10-13(9-15(24-10)25(22,23)18(2)3)16(21)17-12-6-4-5-11(7-12)8-14(19)20/h4-7,9H,8H2,1-3H3,(H,17,21)(H,19,20). The maximum absolute atomic E-state index is 12.4. The molecule has 0 bridgehead atoms. The van der Waals surface area contributed by atoms with E-state index in [1.165, 1.54) is 27.1 Å².